The van der Waals surface area contributed by atoms with E-state index in [1.807, 2.05) is 6.92 Å². The van der Waals surface area contributed by atoms with Gasteiger partial charge in [0.1, 0.15) is 37.1 Å². The molecular formula is C22H26O9. The molecule has 0 spiro atoms. The number of hydrogen-bond donors (Lipinski definition) is 1. The predicted octanol–water partition coefficient (Wildman–Crippen LogP) is 0.753. The van der Waals surface area contributed by atoms with Crippen molar-refractivity contribution < 1.29 is 43.2 Å². The zero-order chi connectivity index (χ0) is 22.5. The number of fused-ring (bicyclic) bond motifs is 4. The number of ether oxygens (including phenoxy) is 5. The number of hydrogen-bond acceptors (Lipinski definition) is 9. The van der Waals surface area contributed by atoms with E-state index in [-0.39, 0.29) is 42.7 Å². The summed E-state index contributed by atoms with van der Waals surface area (Å²) in [6.45, 7) is 8.29. The number of aliphatic hydroxyl groups excluding tert-OH is 1. The van der Waals surface area contributed by atoms with Crippen LogP contribution in [0.25, 0.3) is 0 Å². The molecule has 0 aromatic carbocycles. The Morgan fingerprint density at radius 2 is 2.13 bits per heavy atom. The Hall–Kier alpha value is -2.49. The molecule has 9 nitrogen and oxygen atoms in total. The van der Waals surface area contributed by atoms with Gasteiger partial charge >= 0.3 is 17.9 Å². The first-order valence-corrected chi connectivity index (χ1v) is 10.2. The van der Waals surface area contributed by atoms with E-state index in [9.17, 15) is 19.5 Å². The van der Waals surface area contributed by atoms with Crippen LogP contribution in [0.15, 0.2) is 35.5 Å². The van der Waals surface area contributed by atoms with Gasteiger partial charge in [-0.05, 0) is 31.6 Å². The van der Waals surface area contributed by atoms with Crippen molar-refractivity contribution >= 4 is 17.9 Å². The van der Waals surface area contributed by atoms with Crippen molar-refractivity contribution in [2.75, 3.05) is 13.2 Å². The van der Waals surface area contributed by atoms with Crippen LogP contribution >= 0.6 is 0 Å². The van der Waals surface area contributed by atoms with E-state index < -0.39 is 41.6 Å². The summed E-state index contributed by atoms with van der Waals surface area (Å²) in [4.78, 5) is 35.9. The highest BCUT2D eigenvalue weighted by Crippen LogP contribution is 2.53. The molecule has 7 atom stereocenters. The van der Waals surface area contributed by atoms with Gasteiger partial charge in [0.2, 0.25) is 0 Å². The average Bonchev–Trinajstić information content (AvgIpc) is 3.58. The Bertz CT molecular complexity index is 887. The van der Waals surface area contributed by atoms with Crippen LogP contribution in [0.1, 0.15) is 27.2 Å². The second kappa shape index (κ2) is 7.89. The Morgan fingerprint density at radius 3 is 2.81 bits per heavy atom. The molecule has 0 saturated carbocycles. The van der Waals surface area contributed by atoms with E-state index in [1.54, 1.807) is 13.0 Å². The van der Waals surface area contributed by atoms with Gasteiger partial charge in [-0.3, -0.25) is 4.79 Å². The van der Waals surface area contributed by atoms with Crippen LogP contribution < -0.4 is 0 Å². The van der Waals surface area contributed by atoms with Gasteiger partial charge < -0.3 is 28.8 Å². The predicted molar refractivity (Wildman–Crippen MR) is 105 cm³/mol. The second-order valence-electron chi connectivity index (χ2n) is 8.53. The van der Waals surface area contributed by atoms with Crippen LogP contribution in [0.3, 0.4) is 0 Å². The molecule has 4 rings (SSSR count). The molecule has 3 saturated heterocycles. The summed E-state index contributed by atoms with van der Waals surface area (Å²) in [5, 5.41) is 9.81. The normalized spacial score (nSPS) is 40.4. The summed E-state index contributed by atoms with van der Waals surface area (Å²) in [6, 6.07) is 0. The number of aliphatic hydroxyl groups is 1. The van der Waals surface area contributed by atoms with E-state index in [4.69, 9.17) is 23.7 Å². The fraction of sp³-hybridized carbons (Fsp3) is 0.591. The van der Waals surface area contributed by atoms with Crippen molar-refractivity contribution in [3.05, 3.63) is 35.5 Å². The van der Waals surface area contributed by atoms with Crippen LogP contribution in [-0.2, 0) is 38.1 Å². The van der Waals surface area contributed by atoms with E-state index in [0.29, 0.717) is 12.0 Å². The Kier molecular flexibility index (Phi) is 5.53. The molecule has 9 heteroatoms. The van der Waals surface area contributed by atoms with Crippen molar-refractivity contribution in [3.8, 4) is 0 Å². The zero-order valence-electron chi connectivity index (χ0n) is 17.7. The van der Waals surface area contributed by atoms with Gasteiger partial charge in [0, 0.05) is 24.5 Å². The lowest BCUT2D eigenvalue weighted by atomic mass is 9.82. The Labute approximate surface area is 179 Å². The summed E-state index contributed by atoms with van der Waals surface area (Å²) in [6.07, 6.45) is 1.28. The second-order valence-corrected chi connectivity index (χ2v) is 8.53. The molecule has 31 heavy (non-hydrogen) atoms. The molecule has 0 amide bonds. The van der Waals surface area contributed by atoms with Crippen molar-refractivity contribution in [3.63, 3.8) is 0 Å². The minimum Gasteiger partial charge on any atom is -0.462 e. The van der Waals surface area contributed by atoms with E-state index in [1.165, 1.54) is 13.0 Å². The molecule has 0 unspecified atom stereocenters. The van der Waals surface area contributed by atoms with Crippen LogP contribution in [0, 0.1) is 5.92 Å². The lowest BCUT2D eigenvalue weighted by molar-refractivity contribution is -0.148. The fourth-order valence-corrected chi connectivity index (χ4v) is 4.36. The first-order valence-electron chi connectivity index (χ1n) is 10.2. The van der Waals surface area contributed by atoms with Crippen LogP contribution in [-0.4, -0.2) is 72.3 Å². The molecule has 3 aliphatic heterocycles. The topological polar surface area (TPSA) is 124 Å². The van der Waals surface area contributed by atoms with Gasteiger partial charge in [-0.1, -0.05) is 6.58 Å². The van der Waals surface area contributed by atoms with Gasteiger partial charge in [-0.25, -0.2) is 9.59 Å². The third-order valence-corrected chi connectivity index (χ3v) is 6.22. The molecule has 1 N–H and O–H groups in total. The smallest absolute Gasteiger partial charge is 0.334 e. The fourth-order valence-electron chi connectivity index (χ4n) is 4.36. The lowest BCUT2D eigenvalue weighted by Crippen LogP contribution is -2.38. The molecular weight excluding hydrogens is 408 g/mol. The molecule has 3 fully saturated rings. The molecule has 0 bridgehead atoms. The highest BCUT2D eigenvalue weighted by molar-refractivity contribution is 5.92. The minimum atomic E-state index is -0.755. The third-order valence-electron chi connectivity index (χ3n) is 6.22. The van der Waals surface area contributed by atoms with Crippen LogP contribution in [0.4, 0.5) is 0 Å². The number of carbonyl (C=O) groups is 3. The lowest BCUT2D eigenvalue weighted by Gasteiger charge is -2.28. The summed E-state index contributed by atoms with van der Waals surface area (Å²) >= 11 is 0. The van der Waals surface area contributed by atoms with Crippen molar-refractivity contribution in [2.45, 2.75) is 63.3 Å². The third kappa shape index (κ3) is 4.17. The highest BCUT2D eigenvalue weighted by Gasteiger charge is 2.67. The largest absolute Gasteiger partial charge is 0.462 e. The van der Waals surface area contributed by atoms with Gasteiger partial charge in [0.05, 0.1) is 18.1 Å². The first-order chi connectivity index (χ1) is 14.6. The van der Waals surface area contributed by atoms with Gasteiger partial charge in [-0.15, -0.1) is 0 Å². The number of esters is 3. The van der Waals surface area contributed by atoms with E-state index >= 15 is 0 Å². The highest BCUT2D eigenvalue weighted by atomic mass is 16.7. The molecule has 0 aromatic heterocycles. The maximum atomic E-state index is 12.7. The molecule has 168 valence electrons. The van der Waals surface area contributed by atoms with E-state index in [2.05, 4.69) is 6.58 Å². The van der Waals surface area contributed by atoms with Gasteiger partial charge in [-0.2, -0.15) is 0 Å². The maximum absolute atomic E-state index is 12.7. The summed E-state index contributed by atoms with van der Waals surface area (Å²) in [5.74, 6) is -2.26. The molecule has 0 aromatic rings. The monoisotopic (exact) mass is 434 g/mol. The molecule has 1 aliphatic carbocycles. The summed E-state index contributed by atoms with van der Waals surface area (Å²) in [5.41, 5.74) is 0.465. The average molecular weight is 434 g/mol. The number of epoxide rings is 2. The number of carbonyl (C=O) groups excluding carboxylic acids is 3. The molecule has 3 heterocycles. The SMILES string of the molecule is C=C1C(=O)O[C@@H]2/C=C(/CO)[C@@H]3O[C@@H]3[C@H]3O[C@]3(C)C[C@@H](OC(=O)/C(C)=C\COC(C)=O)[C@@H]12. The van der Waals surface area contributed by atoms with Crippen LogP contribution in [0.5, 0.6) is 0 Å². The molecule has 4 aliphatic rings. The maximum Gasteiger partial charge on any atom is 0.334 e. The minimum absolute atomic E-state index is 0.0484. The summed E-state index contributed by atoms with van der Waals surface area (Å²) in [7, 11) is 0. The van der Waals surface area contributed by atoms with E-state index in [0.717, 1.165) is 0 Å². The van der Waals surface area contributed by atoms with Crippen molar-refractivity contribution in [1.29, 1.82) is 0 Å². The number of rotatable bonds is 5. The summed E-state index contributed by atoms with van der Waals surface area (Å²) < 4.78 is 27.7. The standard InChI is InChI=1S/C22H26O9/c1-10(5-6-27-12(3)24)20(25)29-15-8-22(4)19(31-22)18-17(30-18)13(9-23)7-14-16(15)11(2)21(26)28-14/h5,7,14-19,23H,2,6,8-9H2,1,3-4H3/b10-5-,13-7-/t14-,15-,16+,17+,18+,19-,22-/m1/s1. The van der Waals surface area contributed by atoms with Gasteiger partial charge in [0.15, 0.2) is 0 Å². The zero-order valence-corrected chi connectivity index (χ0v) is 17.7. The van der Waals surface area contributed by atoms with Gasteiger partial charge in [0.25, 0.3) is 0 Å². The quantitative estimate of drug-likeness (QED) is 0.219. The van der Waals surface area contributed by atoms with Crippen molar-refractivity contribution in [2.24, 2.45) is 5.92 Å². The van der Waals surface area contributed by atoms with Crippen molar-refractivity contribution in [1.82, 2.24) is 0 Å². The first kappa shape index (κ1) is 21.7. The van der Waals surface area contributed by atoms with Crippen LogP contribution in [0.2, 0.25) is 0 Å². The Morgan fingerprint density at radius 1 is 1.39 bits per heavy atom. The Balaban J connectivity index is 1.60. The molecule has 0 radical (unpaired) electrons.